The summed E-state index contributed by atoms with van der Waals surface area (Å²) in [5.74, 6) is -2.54. The van der Waals surface area contributed by atoms with Crippen molar-refractivity contribution >= 4 is 32.5 Å². The van der Waals surface area contributed by atoms with E-state index in [9.17, 15) is 8.78 Å². The number of para-hydroxylation sites is 1. The molecule has 20 heavy (non-hydrogen) atoms. The van der Waals surface area contributed by atoms with Gasteiger partial charge in [-0.05, 0) is 34.5 Å². The molecule has 106 valence electrons. The van der Waals surface area contributed by atoms with Crippen LogP contribution in [0, 0.1) is 0 Å². The van der Waals surface area contributed by atoms with Crippen LogP contribution in [-0.4, -0.2) is 24.0 Å². The molecule has 2 aromatic rings. The fraction of sp³-hybridized carbons (Fsp3) is 0.400. The zero-order chi connectivity index (χ0) is 14.2. The van der Waals surface area contributed by atoms with E-state index >= 15 is 0 Å². The molecule has 1 fully saturated rings. The summed E-state index contributed by atoms with van der Waals surface area (Å²) in [4.78, 5) is 6.51. The summed E-state index contributed by atoms with van der Waals surface area (Å²) in [6, 6.07) is 9.85. The molecule has 0 aliphatic carbocycles. The van der Waals surface area contributed by atoms with Gasteiger partial charge in [0, 0.05) is 31.3 Å². The molecule has 5 heteroatoms. The molecule has 1 aliphatic heterocycles. The standard InChI is InChI=1S/C15H15BrF2N2/c16-14-13(10-11-4-1-2-5-12(11)19-14)20-8-3-6-15(17,18)7-9-20/h1-2,4-5,10H,3,6-9H2. The number of rotatable bonds is 1. The monoisotopic (exact) mass is 340 g/mol. The molecule has 2 nitrogen and oxygen atoms in total. The molecule has 0 saturated carbocycles. The van der Waals surface area contributed by atoms with Gasteiger partial charge in [-0.2, -0.15) is 0 Å². The van der Waals surface area contributed by atoms with E-state index in [1.807, 2.05) is 35.2 Å². The van der Waals surface area contributed by atoms with Crippen LogP contribution in [-0.2, 0) is 0 Å². The molecule has 0 atom stereocenters. The van der Waals surface area contributed by atoms with Gasteiger partial charge in [0.1, 0.15) is 4.60 Å². The van der Waals surface area contributed by atoms with Crippen molar-refractivity contribution in [2.24, 2.45) is 0 Å². The largest absolute Gasteiger partial charge is 0.369 e. The summed E-state index contributed by atoms with van der Waals surface area (Å²) in [5, 5.41) is 1.03. The predicted molar refractivity (Wildman–Crippen MR) is 80.5 cm³/mol. The van der Waals surface area contributed by atoms with Crippen LogP contribution in [0.5, 0.6) is 0 Å². The van der Waals surface area contributed by atoms with E-state index in [0.717, 1.165) is 21.2 Å². The maximum absolute atomic E-state index is 13.5. The zero-order valence-electron chi connectivity index (χ0n) is 11.0. The third-order valence-electron chi connectivity index (χ3n) is 3.72. The highest BCUT2D eigenvalue weighted by Crippen LogP contribution is 2.33. The molecule has 0 spiro atoms. The van der Waals surface area contributed by atoms with E-state index in [1.54, 1.807) is 0 Å². The van der Waals surface area contributed by atoms with Crippen LogP contribution in [0.2, 0.25) is 0 Å². The summed E-state index contributed by atoms with van der Waals surface area (Å²) >= 11 is 3.47. The van der Waals surface area contributed by atoms with Crippen molar-refractivity contribution in [2.45, 2.75) is 25.2 Å². The number of fused-ring (bicyclic) bond motifs is 1. The lowest BCUT2D eigenvalue weighted by atomic mass is 10.1. The molecule has 0 unspecified atom stereocenters. The van der Waals surface area contributed by atoms with Crippen LogP contribution in [0.25, 0.3) is 10.9 Å². The van der Waals surface area contributed by atoms with Gasteiger partial charge in [-0.3, -0.25) is 0 Å². The van der Waals surface area contributed by atoms with Crippen molar-refractivity contribution < 1.29 is 8.78 Å². The van der Waals surface area contributed by atoms with Crippen LogP contribution < -0.4 is 4.90 Å². The highest BCUT2D eigenvalue weighted by molar-refractivity contribution is 9.10. The van der Waals surface area contributed by atoms with E-state index in [-0.39, 0.29) is 12.8 Å². The van der Waals surface area contributed by atoms with E-state index in [0.29, 0.717) is 19.5 Å². The van der Waals surface area contributed by atoms with Gasteiger partial charge < -0.3 is 4.90 Å². The first-order valence-electron chi connectivity index (χ1n) is 6.73. The van der Waals surface area contributed by atoms with Crippen molar-refractivity contribution in [3.63, 3.8) is 0 Å². The molecule has 2 heterocycles. The molecule has 0 N–H and O–H groups in total. The number of benzene rings is 1. The van der Waals surface area contributed by atoms with E-state index in [4.69, 9.17) is 0 Å². The number of nitrogens with zero attached hydrogens (tertiary/aromatic N) is 2. The Morgan fingerprint density at radius 1 is 1.15 bits per heavy atom. The van der Waals surface area contributed by atoms with Crippen molar-refractivity contribution in [1.82, 2.24) is 4.98 Å². The third-order valence-corrected chi connectivity index (χ3v) is 4.30. The number of halogens is 3. The van der Waals surface area contributed by atoms with Crippen LogP contribution >= 0.6 is 15.9 Å². The molecule has 1 saturated heterocycles. The Hall–Kier alpha value is -1.23. The van der Waals surface area contributed by atoms with Gasteiger partial charge in [0.15, 0.2) is 0 Å². The van der Waals surface area contributed by atoms with Gasteiger partial charge in [0.05, 0.1) is 11.2 Å². The second kappa shape index (κ2) is 5.28. The third kappa shape index (κ3) is 2.77. The molecule has 0 bridgehead atoms. The Kier molecular flexibility index (Phi) is 3.63. The van der Waals surface area contributed by atoms with E-state index in [1.165, 1.54) is 0 Å². The molecule has 1 aromatic carbocycles. The average Bonchev–Trinajstić information content (AvgIpc) is 2.59. The Bertz CT molecular complexity index is 630. The lowest BCUT2D eigenvalue weighted by Gasteiger charge is -2.24. The highest BCUT2D eigenvalue weighted by atomic mass is 79.9. The molecule has 1 aromatic heterocycles. The summed E-state index contributed by atoms with van der Waals surface area (Å²) in [5.41, 5.74) is 1.81. The molecular weight excluding hydrogens is 326 g/mol. The Labute approximate surface area is 124 Å². The van der Waals surface area contributed by atoms with E-state index in [2.05, 4.69) is 20.9 Å². The second-order valence-electron chi connectivity index (χ2n) is 5.19. The average molecular weight is 341 g/mol. The van der Waals surface area contributed by atoms with Gasteiger partial charge in [0.25, 0.3) is 0 Å². The van der Waals surface area contributed by atoms with Crippen molar-refractivity contribution in [2.75, 3.05) is 18.0 Å². The second-order valence-corrected chi connectivity index (χ2v) is 5.94. The van der Waals surface area contributed by atoms with Crippen LogP contribution in [0.3, 0.4) is 0 Å². The fourth-order valence-electron chi connectivity index (χ4n) is 2.61. The lowest BCUT2D eigenvalue weighted by molar-refractivity contribution is -0.0102. The fourth-order valence-corrected chi connectivity index (χ4v) is 3.16. The maximum atomic E-state index is 13.5. The van der Waals surface area contributed by atoms with Gasteiger partial charge in [0.2, 0.25) is 5.92 Å². The van der Waals surface area contributed by atoms with Gasteiger partial charge in [-0.15, -0.1) is 0 Å². The SMILES string of the molecule is FC1(F)CCCN(c2cc3ccccc3nc2Br)CC1. The minimum absolute atomic E-state index is 0.0257. The number of aromatic nitrogens is 1. The molecule has 0 radical (unpaired) electrons. The normalized spacial score (nSPS) is 19.1. The number of alkyl halides is 2. The number of pyridine rings is 1. The van der Waals surface area contributed by atoms with Gasteiger partial charge >= 0.3 is 0 Å². The quantitative estimate of drug-likeness (QED) is 0.704. The summed E-state index contributed by atoms with van der Waals surface area (Å²) in [6.45, 7) is 1.01. The summed E-state index contributed by atoms with van der Waals surface area (Å²) in [6.07, 6.45) is 0.390. The number of anilines is 1. The smallest absolute Gasteiger partial charge is 0.249 e. The Morgan fingerprint density at radius 3 is 2.80 bits per heavy atom. The van der Waals surface area contributed by atoms with Crippen LogP contribution in [0.4, 0.5) is 14.5 Å². The van der Waals surface area contributed by atoms with Gasteiger partial charge in [-0.25, -0.2) is 13.8 Å². The van der Waals surface area contributed by atoms with Gasteiger partial charge in [-0.1, -0.05) is 18.2 Å². The van der Waals surface area contributed by atoms with Crippen molar-refractivity contribution in [3.8, 4) is 0 Å². The predicted octanol–water partition coefficient (Wildman–Crippen LogP) is 4.62. The summed E-state index contributed by atoms with van der Waals surface area (Å²) < 4.78 is 27.6. The molecule has 1 aliphatic rings. The zero-order valence-corrected chi connectivity index (χ0v) is 12.5. The first-order valence-corrected chi connectivity index (χ1v) is 7.53. The number of hydrogen-bond donors (Lipinski definition) is 0. The first kappa shape index (κ1) is 13.7. The van der Waals surface area contributed by atoms with Crippen LogP contribution in [0.15, 0.2) is 34.9 Å². The van der Waals surface area contributed by atoms with Crippen LogP contribution in [0.1, 0.15) is 19.3 Å². The summed E-state index contributed by atoms with van der Waals surface area (Å²) in [7, 11) is 0. The topological polar surface area (TPSA) is 16.1 Å². The molecular formula is C15H15BrF2N2. The van der Waals surface area contributed by atoms with Crippen molar-refractivity contribution in [3.05, 3.63) is 34.9 Å². The Balaban J connectivity index is 1.95. The minimum Gasteiger partial charge on any atom is -0.369 e. The highest BCUT2D eigenvalue weighted by Gasteiger charge is 2.32. The van der Waals surface area contributed by atoms with E-state index < -0.39 is 5.92 Å². The maximum Gasteiger partial charge on any atom is 0.249 e. The number of hydrogen-bond acceptors (Lipinski definition) is 2. The Morgan fingerprint density at radius 2 is 1.95 bits per heavy atom. The lowest BCUT2D eigenvalue weighted by Crippen LogP contribution is -2.26. The molecule has 3 rings (SSSR count). The molecule has 0 amide bonds. The minimum atomic E-state index is -2.54. The first-order chi connectivity index (χ1) is 9.55. The van der Waals surface area contributed by atoms with Crippen molar-refractivity contribution in [1.29, 1.82) is 0 Å².